The van der Waals surface area contributed by atoms with Crippen molar-refractivity contribution >= 4 is 27.3 Å². The summed E-state index contributed by atoms with van der Waals surface area (Å²) in [7, 11) is 3.83. The van der Waals surface area contributed by atoms with Gasteiger partial charge in [0.2, 0.25) is 0 Å². The summed E-state index contributed by atoms with van der Waals surface area (Å²) in [6.07, 6.45) is 2.90. The maximum atomic E-state index is 5.87. The molecule has 1 N–H and O–H groups in total. The first-order valence-corrected chi connectivity index (χ1v) is 7.91. The van der Waals surface area contributed by atoms with Crippen molar-refractivity contribution in [3.8, 4) is 0 Å². The molecule has 0 aromatic carbocycles. The topological polar surface area (TPSA) is 30.5 Å². The van der Waals surface area contributed by atoms with E-state index in [9.17, 15) is 0 Å². The number of nitrogens with one attached hydrogen (secondary N) is 1. The van der Waals surface area contributed by atoms with Crippen molar-refractivity contribution in [3.63, 3.8) is 0 Å². The molecular formula is C13H20BrNO2S. The molecule has 18 heavy (non-hydrogen) atoms. The Balaban J connectivity index is 2.13. The second-order valence-electron chi connectivity index (χ2n) is 4.62. The molecule has 1 aliphatic rings. The van der Waals surface area contributed by atoms with E-state index in [-0.39, 0.29) is 5.60 Å². The van der Waals surface area contributed by atoms with Crippen molar-refractivity contribution in [1.82, 2.24) is 5.32 Å². The van der Waals surface area contributed by atoms with E-state index >= 15 is 0 Å². The highest BCUT2D eigenvalue weighted by atomic mass is 79.9. The molecule has 1 unspecified atom stereocenters. The number of likely N-dealkylation sites (N-methyl/N-ethyl adjacent to an activating group) is 1. The summed E-state index contributed by atoms with van der Waals surface area (Å²) in [5.41, 5.74) is -0.101. The molecule has 5 heteroatoms. The molecule has 1 aromatic heterocycles. The van der Waals surface area contributed by atoms with Gasteiger partial charge in [-0.1, -0.05) is 0 Å². The summed E-state index contributed by atoms with van der Waals surface area (Å²) >= 11 is 5.40. The van der Waals surface area contributed by atoms with Gasteiger partial charge < -0.3 is 14.8 Å². The van der Waals surface area contributed by atoms with Crippen LogP contribution < -0.4 is 5.32 Å². The van der Waals surface area contributed by atoms with E-state index in [0.717, 1.165) is 32.5 Å². The van der Waals surface area contributed by atoms with Gasteiger partial charge in [-0.25, -0.2) is 0 Å². The number of rotatable bonds is 5. The van der Waals surface area contributed by atoms with Gasteiger partial charge in [-0.05, 0) is 34.4 Å². The Labute approximate surface area is 121 Å². The molecule has 102 valence electrons. The van der Waals surface area contributed by atoms with Crippen LogP contribution in [0.15, 0.2) is 15.9 Å². The number of thiophene rings is 1. The van der Waals surface area contributed by atoms with E-state index in [2.05, 4.69) is 32.7 Å². The fourth-order valence-electron chi connectivity index (χ4n) is 2.62. The molecule has 2 heterocycles. The second kappa shape index (κ2) is 6.48. The predicted octanol–water partition coefficient (Wildman–Crippen LogP) is 2.84. The highest BCUT2D eigenvalue weighted by Gasteiger charge is 2.40. The maximum Gasteiger partial charge on any atom is 0.0878 e. The zero-order valence-electron chi connectivity index (χ0n) is 10.9. The molecule has 3 nitrogen and oxygen atoms in total. The van der Waals surface area contributed by atoms with E-state index in [1.165, 1.54) is 9.35 Å². The SMILES string of the molecule is CNC(Cc1sccc1Br)C1(OC)CCOCC1. The van der Waals surface area contributed by atoms with E-state index < -0.39 is 0 Å². The Kier molecular flexibility index (Phi) is 5.21. The van der Waals surface area contributed by atoms with Crippen LogP contribution in [0.1, 0.15) is 17.7 Å². The van der Waals surface area contributed by atoms with E-state index in [1.54, 1.807) is 11.3 Å². The van der Waals surface area contributed by atoms with Crippen molar-refractivity contribution in [2.24, 2.45) is 0 Å². The van der Waals surface area contributed by atoms with Gasteiger partial charge in [0.05, 0.1) is 5.60 Å². The number of ether oxygens (including phenoxy) is 2. The summed E-state index contributed by atoms with van der Waals surface area (Å²) in [5.74, 6) is 0. The molecule has 0 aliphatic carbocycles. The van der Waals surface area contributed by atoms with Crippen molar-refractivity contribution in [2.75, 3.05) is 27.4 Å². The molecular weight excluding hydrogens is 314 g/mol. The first-order valence-electron chi connectivity index (χ1n) is 6.24. The summed E-state index contributed by atoms with van der Waals surface area (Å²) in [5, 5.41) is 5.55. The number of hydrogen-bond donors (Lipinski definition) is 1. The molecule has 0 amide bonds. The molecule has 0 radical (unpaired) electrons. The van der Waals surface area contributed by atoms with Crippen molar-refractivity contribution in [2.45, 2.75) is 30.9 Å². The van der Waals surface area contributed by atoms with Gasteiger partial charge in [-0.2, -0.15) is 0 Å². The van der Waals surface area contributed by atoms with Gasteiger partial charge in [0.1, 0.15) is 0 Å². The summed E-state index contributed by atoms with van der Waals surface area (Å²) in [4.78, 5) is 1.37. The fourth-order valence-corrected chi connectivity index (χ4v) is 4.18. The maximum absolute atomic E-state index is 5.87. The van der Waals surface area contributed by atoms with Gasteiger partial charge >= 0.3 is 0 Å². The van der Waals surface area contributed by atoms with Crippen LogP contribution in [0.25, 0.3) is 0 Å². The molecule has 1 saturated heterocycles. The lowest BCUT2D eigenvalue weighted by Gasteiger charge is -2.42. The number of hydrogen-bond acceptors (Lipinski definition) is 4. The third-order valence-corrected chi connectivity index (χ3v) is 5.76. The van der Waals surface area contributed by atoms with Crippen LogP contribution in [0.5, 0.6) is 0 Å². The zero-order valence-corrected chi connectivity index (χ0v) is 13.3. The largest absolute Gasteiger partial charge is 0.381 e. The van der Waals surface area contributed by atoms with Gasteiger partial charge in [0.25, 0.3) is 0 Å². The standard InChI is InChI=1S/C13H20BrNO2S/c1-15-12(9-11-10(14)3-8-18-11)13(16-2)4-6-17-7-5-13/h3,8,12,15H,4-7,9H2,1-2H3. The van der Waals surface area contributed by atoms with Crippen LogP contribution in [0.2, 0.25) is 0 Å². The van der Waals surface area contributed by atoms with Crippen LogP contribution in [0.4, 0.5) is 0 Å². The Morgan fingerprint density at radius 1 is 1.56 bits per heavy atom. The third-order valence-electron chi connectivity index (χ3n) is 3.81. The summed E-state index contributed by atoms with van der Waals surface area (Å²) in [6.45, 7) is 1.58. The highest BCUT2D eigenvalue weighted by Crippen LogP contribution is 2.32. The average Bonchev–Trinajstić information content (AvgIpc) is 2.82. The molecule has 0 spiro atoms. The normalized spacial score (nSPS) is 20.8. The smallest absolute Gasteiger partial charge is 0.0878 e. The zero-order chi connectivity index (χ0) is 13.0. The Hall–Kier alpha value is 0.0600. The van der Waals surface area contributed by atoms with Crippen LogP contribution in [-0.2, 0) is 15.9 Å². The Bertz CT molecular complexity index is 377. The van der Waals surface area contributed by atoms with Crippen molar-refractivity contribution in [1.29, 1.82) is 0 Å². The average molecular weight is 334 g/mol. The minimum Gasteiger partial charge on any atom is -0.381 e. The number of halogens is 1. The molecule has 0 bridgehead atoms. The minimum atomic E-state index is -0.101. The van der Waals surface area contributed by atoms with Gasteiger partial charge in [-0.3, -0.25) is 0 Å². The number of methoxy groups -OCH3 is 1. The summed E-state index contributed by atoms with van der Waals surface area (Å²) < 4.78 is 12.5. The molecule has 2 rings (SSSR count). The van der Waals surface area contributed by atoms with E-state index in [1.807, 2.05) is 14.2 Å². The van der Waals surface area contributed by atoms with Gasteiger partial charge in [0, 0.05) is 55.0 Å². The van der Waals surface area contributed by atoms with Crippen LogP contribution in [0, 0.1) is 0 Å². The lowest BCUT2D eigenvalue weighted by atomic mass is 9.84. The summed E-state index contributed by atoms with van der Waals surface area (Å²) in [6, 6.07) is 2.43. The molecule has 1 atom stereocenters. The molecule has 0 saturated carbocycles. The first kappa shape index (κ1) is 14.5. The van der Waals surface area contributed by atoms with Crippen molar-refractivity contribution < 1.29 is 9.47 Å². The van der Waals surface area contributed by atoms with Gasteiger partial charge in [0.15, 0.2) is 0 Å². The third kappa shape index (κ3) is 2.96. The second-order valence-corrected chi connectivity index (χ2v) is 6.47. The Morgan fingerprint density at radius 2 is 2.28 bits per heavy atom. The molecule has 1 aromatic rings. The van der Waals surface area contributed by atoms with Crippen LogP contribution in [-0.4, -0.2) is 39.0 Å². The fraction of sp³-hybridized carbons (Fsp3) is 0.692. The predicted molar refractivity (Wildman–Crippen MR) is 78.4 cm³/mol. The van der Waals surface area contributed by atoms with E-state index in [4.69, 9.17) is 9.47 Å². The molecule has 1 aliphatic heterocycles. The highest BCUT2D eigenvalue weighted by molar-refractivity contribution is 9.10. The van der Waals surface area contributed by atoms with Crippen molar-refractivity contribution in [3.05, 3.63) is 20.8 Å². The monoisotopic (exact) mass is 333 g/mol. The quantitative estimate of drug-likeness (QED) is 0.898. The van der Waals surface area contributed by atoms with E-state index in [0.29, 0.717) is 6.04 Å². The Morgan fingerprint density at radius 3 is 2.78 bits per heavy atom. The lowest BCUT2D eigenvalue weighted by Crippen LogP contribution is -2.55. The lowest BCUT2D eigenvalue weighted by molar-refractivity contribution is -0.109. The van der Waals surface area contributed by atoms with Crippen LogP contribution >= 0.6 is 27.3 Å². The van der Waals surface area contributed by atoms with Crippen LogP contribution in [0.3, 0.4) is 0 Å². The minimum absolute atomic E-state index is 0.101. The first-order chi connectivity index (χ1) is 8.72. The van der Waals surface area contributed by atoms with Gasteiger partial charge in [-0.15, -0.1) is 11.3 Å². The molecule has 1 fully saturated rings.